The van der Waals surface area contributed by atoms with E-state index in [0.29, 0.717) is 27.0 Å². The molecule has 82 valence electrons. The summed E-state index contributed by atoms with van der Waals surface area (Å²) in [4.78, 5) is 11.6. The number of hydrogen-bond donors (Lipinski definition) is 0. The molecule has 0 bridgehead atoms. The molecule has 0 aliphatic carbocycles. The summed E-state index contributed by atoms with van der Waals surface area (Å²) in [6, 6.07) is 3.64. The average Bonchev–Trinajstić information content (AvgIpc) is 2.18. The highest BCUT2D eigenvalue weighted by Gasteiger charge is 2.17. The van der Waals surface area contributed by atoms with E-state index in [0.717, 1.165) is 5.56 Å². The van der Waals surface area contributed by atoms with Crippen LogP contribution in [0.15, 0.2) is 21.1 Å². The van der Waals surface area contributed by atoms with E-state index in [1.165, 1.54) is 0 Å². The quantitative estimate of drug-likeness (QED) is 0.601. The summed E-state index contributed by atoms with van der Waals surface area (Å²) in [5, 5.41) is 0. The van der Waals surface area contributed by atoms with E-state index in [-0.39, 0.29) is 5.97 Å². The van der Waals surface area contributed by atoms with Crippen molar-refractivity contribution in [1.82, 2.24) is 0 Å². The lowest BCUT2D eigenvalue weighted by atomic mass is 10.1. The van der Waals surface area contributed by atoms with Crippen LogP contribution >= 0.6 is 43.5 Å². The molecule has 0 heterocycles. The number of rotatable bonds is 3. The molecule has 1 rings (SSSR count). The van der Waals surface area contributed by atoms with E-state index >= 15 is 0 Å². The molecule has 2 nitrogen and oxygen atoms in total. The first-order chi connectivity index (χ1) is 7.11. The SMILES string of the molecule is CCOC(=O)c1c(Br)ccc(CCl)c1Br. The van der Waals surface area contributed by atoms with E-state index in [4.69, 9.17) is 16.3 Å². The second-order valence-corrected chi connectivity index (χ2v) is 4.66. The minimum atomic E-state index is -0.358. The molecule has 1 aromatic rings. The van der Waals surface area contributed by atoms with Gasteiger partial charge in [-0.05, 0) is 50.4 Å². The normalized spacial score (nSPS) is 10.1. The first kappa shape index (κ1) is 13.0. The van der Waals surface area contributed by atoms with Gasteiger partial charge in [-0.25, -0.2) is 4.79 Å². The Morgan fingerprint density at radius 3 is 2.67 bits per heavy atom. The van der Waals surface area contributed by atoms with Gasteiger partial charge in [-0.3, -0.25) is 0 Å². The molecular weight excluding hydrogens is 347 g/mol. The molecule has 5 heteroatoms. The third kappa shape index (κ3) is 2.95. The largest absolute Gasteiger partial charge is 0.462 e. The second kappa shape index (κ2) is 5.87. The molecule has 1 aromatic carbocycles. The fourth-order valence-corrected chi connectivity index (χ4v) is 2.88. The van der Waals surface area contributed by atoms with Crippen molar-refractivity contribution in [2.45, 2.75) is 12.8 Å². The number of carbonyl (C=O) groups is 1. The molecule has 0 saturated carbocycles. The highest BCUT2D eigenvalue weighted by molar-refractivity contribution is 9.11. The Bertz CT molecular complexity index is 380. The van der Waals surface area contributed by atoms with Crippen LogP contribution in [0.3, 0.4) is 0 Å². The smallest absolute Gasteiger partial charge is 0.340 e. The van der Waals surface area contributed by atoms with Crippen LogP contribution in [-0.2, 0) is 10.6 Å². The molecule has 0 fully saturated rings. The summed E-state index contributed by atoms with van der Waals surface area (Å²) in [6.45, 7) is 2.12. The molecule has 15 heavy (non-hydrogen) atoms. The minimum Gasteiger partial charge on any atom is -0.462 e. The summed E-state index contributed by atoms with van der Waals surface area (Å²) in [5.74, 6) is -0.0106. The van der Waals surface area contributed by atoms with Gasteiger partial charge in [0, 0.05) is 14.8 Å². The molecule has 0 N–H and O–H groups in total. The number of halogens is 3. The molecule has 0 aromatic heterocycles. The van der Waals surface area contributed by atoms with Crippen molar-refractivity contribution in [1.29, 1.82) is 0 Å². The Labute approximate surface area is 110 Å². The predicted molar refractivity (Wildman–Crippen MR) is 67.4 cm³/mol. The number of ether oxygens (including phenoxy) is 1. The predicted octanol–water partition coefficient (Wildman–Crippen LogP) is 4.13. The van der Waals surface area contributed by atoms with Crippen molar-refractivity contribution >= 4 is 49.4 Å². The molecule has 0 radical (unpaired) electrons. The van der Waals surface area contributed by atoms with Gasteiger partial charge >= 0.3 is 5.97 Å². The number of benzene rings is 1. The Morgan fingerprint density at radius 1 is 1.47 bits per heavy atom. The Balaban J connectivity index is 3.20. The Morgan fingerprint density at radius 2 is 2.13 bits per heavy atom. The van der Waals surface area contributed by atoms with Crippen molar-refractivity contribution in [3.63, 3.8) is 0 Å². The molecule has 0 amide bonds. The van der Waals surface area contributed by atoms with Gasteiger partial charge in [0.25, 0.3) is 0 Å². The van der Waals surface area contributed by atoms with Gasteiger partial charge in [0.15, 0.2) is 0 Å². The van der Waals surface area contributed by atoms with Crippen molar-refractivity contribution in [2.24, 2.45) is 0 Å². The van der Waals surface area contributed by atoms with Crippen molar-refractivity contribution in [2.75, 3.05) is 6.61 Å². The average molecular weight is 356 g/mol. The van der Waals surface area contributed by atoms with Crippen LogP contribution in [0.4, 0.5) is 0 Å². The minimum absolute atomic E-state index is 0.347. The lowest BCUT2D eigenvalue weighted by molar-refractivity contribution is 0.0524. The summed E-state index contributed by atoms with van der Waals surface area (Å²) in [5.41, 5.74) is 1.35. The van der Waals surface area contributed by atoms with Gasteiger partial charge in [-0.2, -0.15) is 0 Å². The highest BCUT2D eigenvalue weighted by atomic mass is 79.9. The number of alkyl halides is 1. The molecule has 0 saturated heterocycles. The number of carbonyl (C=O) groups excluding carboxylic acids is 1. The molecule has 0 aliphatic heterocycles. The van der Waals surface area contributed by atoms with Crippen LogP contribution in [0, 0.1) is 0 Å². The topological polar surface area (TPSA) is 26.3 Å². The van der Waals surface area contributed by atoms with Crippen LogP contribution < -0.4 is 0 Å². The molecule has 0 aliphatic rings. The second-order valence-electron chi connectivity index (χ2n) is 2.75. The van der Waals surface area contributed by atoms with Gasteiger partial charge in [-0.1, -0.05) is 6.07 Å². The van der Waals surface area contributed by atoms with Crippen molar-refractivity contribution in [3.8, 4) is 0 Å². The molecule has 0 atom stereocenters. The lowest BCUT2D eigenvalue weighted by Crippen LogP contribution is -2.07. The Kier molecular flexibility index (Phi) is 5.09. The molecule has 0 unspecified atom stereocenters. The van der Waals surface area contributed by atoms with Crippen molar-refractivity contribution in [3.05, 3.63) is 32.2 Å². The summed E-state index contributed by atoms with van der Waals surface area (Å²) >= 11 is 12.4. The summed E-state index contributed by atoms with van der Waals surface area (Å²) in [7, 11) is 0. The summed E-state index contributed by atoms with van der Waals surface area (Å²) < 4.78 is 6.33. The number of esters is 1. The van der Waals surface area contributed by atoms with Crippen LogP contribution in [0.5, 0.6) is 0 Å². The standard InChI is InChI=1S/C10H9Br2ClO2/c1-2-15-10(14)8-7(11)4-3-6(5-13)9(8)12/h3-4H,2,5H2,1H3. The van der Waals surface area contributed by atoms with Crippen molar-refractivity contribution < 1.29 is 9.53 Å². The van der Waals surface area contributed by atoms with E-state index in [1.807, 2.05) is 6.07 Å². The van der Waals surface area contributed by atoms with Crippen LogP contribution in [0.2, 0.25) is 0 Å². The Hall–Kier alpha value is -0.0600. The first-order valence-corrected chi connectivity index (χ1v) is 6.43. The molecular formula is C10H9Br2ClO2. The monoisotopic (exact) mass is 354 g/mol. The summed E-state index contributed by atoms with van der Waals surface area (Å²) in [6.07, 6.45) is 0. The van der Waals surface area contributed by atoms with E-state index in [9.17, 15) is 4.79 Å². The fourth-order valence-electron chi connectivity index (χ4n) is 1.09. The van der Waals surface area contributed by atoms with Gasteiger partial charge in [0.1, 0.15) is 0 Å². The zero-order valence-electron chi connectivity index (χ0n) is 8.02. The maximum atomic E-state index is 11.6. The maximum Gasteiger partial charge on any atom is 0.340 e. The molecule has 0 spiro atoms. The van der Waals surface area contributed by atoms with Gasteiger partial charge < -0.3 is 4.74 Å². The fraction of sp³-hybridized carbons (Fsp3) is 0.300. The highest BCUT2D eigenvalue weighted by Crippen LogP contribution is 2.30. The van der Waals surface area contributed by atoms with Crippen LogP contribution in [0.1, 0.15) is 22.8 Å². The maximum absolute atomic E-state index is 11.6. The van der Waals surface area contributed by atoms with E-state index < -0.39 is 0 Å². The lowest BCUT2D eigenvalue weighted by Gasteiger charge is -2.09. The zero-order chi connectivity index (χ0) is 11.4. The third-order valence-corrected chi connectivity index (χ3v) is 3.65. The number of hydrogen-bond acceptors (Lipinski definition) is 2. The van der Waals surface area contributed by atoms with E-state index in [2.05, 4.69) is 31.9 Å². The third-order valence-electron chi connectivity index (χ3n) is 1.79. The zero-order valence-corrected chi connectivity index (χ0v) is 11.9. The van der Waals surface area contributed by atoms with Crippen LogP contribution in [0.25, 0.3) is 0 Å². The van der Waals surface area contributed by atoms with E-state index in [1.54, 1.807) is 13.0 Å². The van der Waals surface area contributed by atoms with Gasteiger partial charge in [0.05, 0.1) is 12.2 Å². The first-order valence-electron chi connectivity index (χ1n) is 4.31. The van der Waals surface area contributed by atoms with Gasteiger partial charge in [-0.15, -0.1) is 11.6 Å². The van der Waals surface area contributed by atoms with Crippen LogP contribution in [-0.4, -0.2) is 12.6 Å². The van der Waals surface area contributed by atoms with Gasteiger partial charge in [0.2, 0.25) is 0 Å².